The molecule has 1 spiro atoms. The predicted octanol–water partition coefficient (Wildman–Crippen LogP) is -0.395. The standard InChI is InChI=1S/C12H13BrN2O3/c13-11-6-3-7(11)5-8(12(11)17-1-2-18-12)4(6)10(3,5)9(16)15-14/h3-8H,1-2,14H2,(H,15,16). The van der Waals surface area contributed by atoms with E-state index in [1.54, 1.807) is 0 Å². The molecule has 4 atom stereocenters. The van der Waals surface area contributed by atoms with Crippen molar-refractivity contribution in [3.63, 3.8) is 0 Å². The molecule has 1 aliphatic heterocycles. The molecule has 5 nitrogen and oxygen atoms in total. The Morgan fingerprint density at radius 3 is 2.22 bits per heavy atom. The van der Waals surface area contributed by atoms with Crippen LogP contribution in [0.5, 0.6) is 0 Å². The average Bonchev–Trinajstić information content (AvgIpc) is 2.89. The molecule has 7 rings (SSSR count). The third-order valence-corrected chi connectivity index (χ3v) is 8.77. The molecule has 0 aromatic carbocycles. The van der Waals surface area contributed by atoms with Gasteiger partial charge in [-0.3, -0.25) is 10.2 Å². The van der Waals surface area contributed by atoms with Crippen LogP contribution in [0.1, 0.15) is 0 Å². The summed E-state index contributed by atoms with van der Waals surface area (Å²) in [5.74, 6) is 7.92. The molecule has 4 unspecified atom stereocenters. The van der Waals surface area contributed by atoms with Gasteiger partial charge in [0.2, 0.25) is 5.91 Å². The van der Waals surface area contributed by atoms with E-state index in [0.717, 1.165) is 0 Å². The van der Waals surface area contributed by atoms with Crippen molar-refractivity contribution in [2.45, 2.75) is 10.1 Å². The lowest BCUT2D eigenvalue weighted by molar-refractivity contribution is -0.416. The molecule has 0 radical (unpaired) electrons. The zero-order valence-corrected chi connectivity index (χ0v) is 11.1. The number of amides is 1. The number of hydrogen-bond donors (Lipinski definition) is 2. The van der Waals surface area contributed by atoms with Crippen LogP contribution in [0.3, 0.4) is 0 Å². The van der Waals surface area contributed by atoms with Gasteiger partial charge < -0.3 is 9.47 Å². The molecule has 6 heteroatoms. The summed E-state index contributed by atoms with van der Waals surface area (Å²) in [6.45, 7) is 1.37. The number of carbonyl (C=O) groups is 1. The van der Waals surface area contributed by atoms with Gasteiger partial charge in [0.25, 0.3) is 0 Å². The first-order chi connectivity index (χ1) is 8.67. The van der Waals surface area contributed by atoms with E-state index in [2.05, 4.69) is 21.4 Å². The second-order valence-electron chi connectivity index (χ2n) is 6.69. The first kappa shape index (κ1) is 9.69. The lowest BCUT2D eigenvalue weighted by Gasteiger charge is -2.90. The molecule has 1 saturated heterocycles. The van der Waals surface area contributed by atoms with E-state index in [0.29, 0.717) is 48.7 Å². The summed E-state index contributed by atoms with van der Waals surface area (Å²) in [6.07, 6.45) is 0. The molecule has 96 valence electrons. The molecule has 1 heterocycles. The van der Waals surface area contributed by atoms with Crippen LogP contribution in [-0.2, 0) is 14.3 Å². The van der Waals surface area contributed by atoms with Crippen LogP contribution in [0.25, 0.3) is 0 Å². The van der Waals surface area contributed by atoms with Gasteiger partial charge in [-0.1, -0.05) is 15.9 Å². The summed E-state index contributed by atoms with van der Waals surface area (Å²) in [6, 6.07) is 0. The molecule has 7 aliphatic rings. The van der Waals surface area contributed by atoms with Crippen LogP contribution in [0, 0.1) is 40.9 Å². The first-order valence-corrected chi connectivity index (χ1v) is 7.44. The van der Waals surface area contributed by atoms with E-state index < -0.39 is 5.79 Å². The molecule has 2 bridgehead atoms. The topological polar surface area (TPSA) is 73.6 Å². The van der Waals surface area contributed by atoms with Gasteiger partial charge in [-0.2, -0.15) is 0 Å². The van der Waals surface area contributed by atoms with E-state index in [1.165, 1.54) is 0 Å². The molecule has 6 saturated carbocycles. The average molecular weight is 313 g/mol. The summed E-state index contributed by atoms with van der Waals surface area (Å²) in [5, 5.41) is 0. The van der Waals surface area contributed by atoms with Crippen LogP contribution in [-0.4, -0.2) is 29.2 Å². The van der Waals surface area contributed by atoms with E-state index in [1.807, 2.05) is 0 Å². The normalized spacial score (nSPS) is 69.9. The van der Waals surface area contributed by atoms with Gasteiger partial charge in [0.15, 0.2) is 5.79 Å². The first-order valence-electron chi connectivity index (χ1n) is 6.65. The summed E-state index contributed by atoms with van der Waals surface area (Å²) >= 11 is 3.96. The summed E-state index contributed by atoms with van der Waals surface area (Å²) < 4.78 is 12.1. The fraction of sp³-hybridized carbons (Fsp3) is 0.917. The van der Waals surface area contributed by atoms with Gasteiger partial charge in [-0.05, 0) is 29.6 Å². The monoisotopic (exact) mass is 312 g/mol. The van der Waals surface area contributed by atoms with Crippen LogP contribution in [0.15, 0.2) is 0 Å². The largest absolute Gasteiger partial charge is 0.346 e. The number of alkyl halides is 1. The lowest BCUT2D eigenvalue weighted by atomic mass is 9.13. The number of ether oxygens (including phenoxy) is 2. The smallest absolute Gasteiger partial charge is 0.241 e. The molecular weight excluding hydrogens is 300 g/mol. The van der Waals surface area contributed by atoms with E-state index in [9.17, 15) is 4.79 Å². The summed E-state index contributed by atoms with van der Waals surface area (Å²) in [5.41, 5.74) is 2.24. The molecule has 1 amide bonds. The Kier molecular flexibility index (Phi) is 1.18. The van der Waals surface area contributed by atoms with Crippen molar-refractivity contribution in [3.05, 3.63) is 0 Å². The fourth-order valence-corrected chi connectivity index (χ4v) is 8.83. The highest BCUT2D eigenvalue weighted by Crippen LogP contribution is 3.04. The third-order valence-electron chi connectivity index (χ3n) is 7.16. The summed E-state index contributed by atoms with van der Waals surface area (Å²) in [4.78, 5) is 12.1. The van der Waals surface area contributed by atoms with Crippen LogP contribution in [0.4, 0.5) is 0 Å². The number of hydrogen-bond acceptors (Lipinski definition) is 4. The third kappa shape index (κ3) is 0.473. The number of rotatable bonds is 1. The SMILES string of the molecule is NNC(=O)C12C3C4C1C1C2C3C1(Br)C41OCCO1. The molecule has 3 N–H and O–H groups in total. The highest BCUT2D eigenvalue weighted by molar-refractivity contribution is 9.10. The Balaban J connectivity index is 1.53. The van der Waals surface area contributed by atoms with Gasteiger partial charge in [-0.15, -0.1) is 0 Å². The fourth-order valence-electron chi connectivity index (χ4n) is 7.20. The van der Waals surface area contributed by atoms with Crippen molar-refractivity contribution >= 4 is 21.8 Å². The Bertz CT molecular complexity index is 511. The van der Waals surface area contributed by atoms with Crippen molar-refractivity contribution in [2.75, 3.05) is 13.2 Å². The van der Waals surface area contributed by atoms with Gasteiger partial charge in [-0.25, -0.2) is 5.84 Å². The lowest BCUT2D eigenvalue weighted by Crippen LogP contribution is -2.94. The number of carbonyl (C=O) groups excluding carboxylic acids is 1. The van der Waals surface area contributed by atoms with E-state index in [-0.39, 0.29) is 15.6 Å². The Morgan fingerprint density at radius 2 is 1.67 bits per heavy atom. The van der Waals surface area contributed by atoms with Crippen molar-refractivity contribution in [2.24, 2.45) is 46.8 Å². The predicted molar refractivity (Wildman–Crippen MR) is 62.0 cm³/mol. The maximum atomic E-state index is 12.1. The van der Waals surface area contributed by atoms with Crippen molar-refractivity contribution in [1.29, 1.82) is 0 Å². The van der Waals surface area contributed by atoms with Crippen LogP contribution in [0.2, 0.25) is 0 Å². The van der Waals surface area contributed by atoms with Crippen molar-refractivity contribution < 1.29 is 14.3 Å². The Labute approximate surface area is 112 Å². The van der Waals surface area contributed by atoms with Gasteiger partial charge in [0.1, 0.15) is 0 Å². The molecule has 18 heavy (non-hydrogen) atoms. The summed E-state index contributed by atoms with van der Waals surface area (Å²) in [7, 11) is 0. The van der Waals surface area contributed by atoms with Crippen molar-refractivity contribution in [3.8, 4) is 0 Å². The highest BCUT2D eigenvalue weighted by atomic mass is 79.9. The number of nitrogens with two attached hydrogens (primary N) is 1. The second kappa shape index (κ2) is 2.20. The maximum Gasteiger partial charge on any atom is 0.241 e. The van der Waals surface area contributed by atoms with Crippen LogP contribution < -0.4 is 11.3 Å². The van der Waals surface area contributed by atoms with Crippen LogP contribution >= 0.6 is 15.9 Å². The van der Waals surface area contributed by atoms with Gasteiger partial charge in [0.05, 0.1) is 23.0 Å². The highest BCUT2D eigenvalue weighted by Gasteiger charge is 3.10. The zero-order chi connectivity index (χ0) is 12.1. The molecule has 6 aliphatic carbocycles. The van der Waals surface area contributed by atoms with E-state index in [4.69, 9.17) is 15.3 Å². The number of hydrazine groups is 1. The van der Waals surface area contributed by atoms with Crippen molar-refractivity contribution in [1.82, 2.24) is 5.43 Å². The quantitative estimate of drug-likeness (QED) is 0.299. The molecule has 7 fully saturated rings. The Hall–Kier alpha value is -0.170. The molecular formula is C12H13BrN2O3. The minimum absolute atomic E-state index is 0.00219. The van der Waals surface area contributed by atoms with Gasteiger partial charge in [0, 0.05) is 5.92 Å². The minimum Gasteiger partial charge on any atom is -0.346 e. The number of halogens is 1. The maximum absolute atomic E-state index is 12.1. The minimum atomic E-state index is -0.428. The van der Waals surface area contributed by atoms with Gasteiger partial charge >= 0.3 is 0 Å². The Morgan fingerprint density at radius 1 is 1.11 bits per heavy atom. The molecule has 0 aromatic rings. The van der Waals surface area contributed by atoms with E-state index >= 15 is 0 Å². The zero-order valence-electron chi connectivity index (χ0n) is 9.56. The second-order valence-corrected chi connectivity index (χ2v) is 8.01. The number of nitrogens with one attached hydrogen (secondary N) is 1. The molecule has 0 aromatic heterocycles.